The van der Waals surface area contributed by atoms with Crippen molar-refractivity contribution >= 4 is 5.91 Å². The lowest BCUT2D eigenvalue weighted by atomic mass is 9.80. The van der Waals surface area contributed by atoms with E-state index in [1.165, 1.54) is 0 Å². The van der Waals surface area contributed by atoms with Crippen LogP contribution in [0.15, 0.2) is 0 Å². The van der Waals surface area contributed by atoms with Crippen LogP contribution in [0.5, 0.6) is 0 Å². The van der Waals surface area contributed by atoms with Gasteiger partial charge in [0, 0.05) is 0 Å². The Morgan fingerprint density at radius 3 is 2.08 bits per heavy atom. The Balaban J connectivity index is 4.51. The number of halogens is 1. The van der Waals surface area contributed by atoms with Crippen LogP contribution in [0.2, 0.25) is 0 Å². The molecule has 0 saturated heterocycles. The van der Waals surface area contributed by atoms with Crippen molar-refractivity contribution in [1.82, 2.24) is 0 Å². The third kappa shape index (κ3) is 4.25. The molecular formula is C10H20FNO. The highest BCUT2D eigenvalue weighted by atomic mass is 19.1. The Hall–Kier alpha value is -0.600. The van der Waals surface area contributed by atoms with Crippen LogP contribution >= 0.6 is 0 Å². The molecular weight excluding hydrogens is 169 g/mol. The molecule has 1 amide bonds. The van der Waals surface area contributed by atoms with E-state index in [-0.39, 0.29) is 18.3 Å². The van der Waals surface area contributed by atoms with E-state index >= 15 is 0 Å². The van der Waals surface area contributed by atoms with Crippen LogP contribution in [0.25, 0.3) is 0 Å². The summed E-state index contributed by atoms with van der Waals surface area (Å²) in [5, 5.41) is 0. The standard InChI is InChI=1S/C10H20FNO/c1-5-6-10(11,8(12)13)7-9(2,3)4/h5-7H2,1-4H3,(H2,12,13). The Kier molecular flexibility index (Phi) is 3.88. The smallest absolute Gasteiger partial charge is 0.255 e. The summed E-state index contributed by atoms with van der Waals surface area (Å²) in [4.78, 5) is 10.9. The molecule has 0 aromatic heterocycles. The van der Waals surface area contributed by atoms with Crippen LogP contribution < -0.4 is 5.73 Å². The van der Waals surface area contributed by atoms with E-state index in [0.717, 1.165) is 0 Å². The summed E-state index contributed by atoms with van der Waals surface area (Å²) < 4.78 is 13.9. The molecule has 13 heavy (non-hydrogen) atoms. The van der Waals surface area contributed by atoms with Gasteiger partial charge in [0.25, 0.3) is 5.91 Å². The summed E-state index contributed by atoms with van der Waals surface area (Å²) in [6.45, 7) is 7.56. The SMILES string of the molecule is CCCC(F)(CC(C)(C)C)C(N)=O. The Labute approximate surface area is 79.7 Å². The van der Waals surface area contributed by atoms with Crippen molar-refractivity contribution in [3.8, 4) is 0 Å². The molecule has 0 saturated carbocycles. The van der Waals surface area contributed by atoms with Crippen LogP contribution in [0, 0.1) is 5.41 Å². The zero-order valence-electron chi connectivity index (χ0n) is 8.98. The Morgan fingerprint density at radius 1 is 1.38 bits per heavy atom. The van der Waals surface area contributed by atoms with Crippen molar-refractivity contribution in [3.63, 3.8) is 0 Å². The highest BCUT2D eigenvalue weighted by molar-refractivity contribution is 5.83. The highest BCUT2D eigenvalue weighted by Crippen LogP contribution is 2.33. The molecule has 0 fully saturated rings. The van der Waals surface area contributed by atoms with Crippen LogP contribution in [-0.2, 0) is 4.79 Å². The van der Waals surface area contributed by atoms with Gasteiger partial charge in [-0.25, -0.2) is 4.39 Å². The molecule has 0 heterocycles. The fourth-order valence-corrected chi connectivity index (χ4v) is 1.54. The molecule has 3 heteroatoms. The molecule has 78 valence electrons. The average Bonchev–Trinajstić information content (AvgIpc) is 1.82. The molecule has 2 N–H and O–H groups in total. The molecule has 0 bridgehead atoms. The fourth-order valence-electron chi connectivity index (χ4n) is 1.54. The summed E-state index contributed by atoms with van der Waals surface area (Å²) in [5.74, 6) is -0.829. The maximum atomic E-state index is 13.9. The number of hydrogen-bond donors (Lipinski definition) is 1. The molecule has 1 unspecified atom stereocenters. The lowest BCUT2D eigenvalue weighted by Crippen LogP contribution is -2.42. The van der Waals surface area contributed by atoms with Gasteiger partial charge in [-0.3, -0.25) is 4.79 Å². The summed E-state index contributed by atoms with van der Waals surface area (Å²) in [5.41, 5.74) is 3.01. The van der Waals surface area contributed by atoms with Crippen LogP contribution in [0.1, 0.15) is 47.0 Å². The predicted molar refractivity (Wildman–Crippen MR) is 52.0 cm³/mol. The molecule has 0 aliphatic rings. The zero-order valence-corrected chi connectivity index (χ0v) is 8.98. The number of carbonyl (C=O) groups is 1. The normalized spacial score (nSPS) is 16.7. The van der Waals surface area contributed by atoms with Crippen molar-refractivity contribution in [1.29, 1.82) is 0 Å². The molecule has 0 aromatic carbocycles. The minimum Gasteiger partial charge on any atom is -0.367 e. The van der Waals surface area contributed by atoms with E-state index in [0.29, 0.717) is 6.42 Å². The van der Waals surface area contributed by atoms with Gasteiger partial charge in [0.05, 0.1) is 0 Å². The summed E-state index contributed by atoms with van der Waals surface area (Å²) in [6.07, 6.45) is 1.05. The largest absolute Gasteiger partial charge is 0.367 e. The zero-order chi connectivity index (χ0) is 10.7. The van der Waals surface area contributed by atoms with Gasteiger partial charge in [0.2, 0.25) is 0 Å². The van der Waals surface area contributed by atoms with Gasteiger partial charge in [-0.1, -0.05) is 34.1 Å². The third-order valence-corrected chi connectivity index (χ3v) is 1.90. The maximum Gasteiger partial charge on any atom is 0.255 e. The Bertz CT molecular complexity index is 186. The van der Waals surface area contributed by atoms with E-state index in [1.807, 2.05) is 27.7 Å². The van der Waals surface area contributed by atoms with E-state index < -0.39 is 11.6 Å². The van der Waals surface area contributed by atoms with Crippen molar-refractivity contribution in [2.45, 2.75) is 52.6 Å². The van der Waals surface area contributed by atoms with Crippen LogP contribution in [0.3, 0.4) is 0 Å². The lowest BCUT2D eigenvalue weighted by molar-refractivity contribution is -0.132. The van der Waals surface area contributed by atoms with Crippen LogP contribution in [0.4, 0.5) is 4.39 Å². The predicted octanol–water partition coefficient (Wildman–Crippen LogP) is 2.42. The summed E-state index contributed by atoms with van der Waals surface area (Å²) in [7, 11) is 0. The van der Waals surface area contributed by atoms with E-state index in [4.69, 9.17) is 5.73 Å². The first-order chi connectivity index (χ1) is 5.71. The number of alkyl halides is 1. The highest BCUT2D eigenvalue weighted by Gasteiger charge is 2.39. The van der Waals surface area contributed by atoms with Gasteiger partial charge in [-0.05, 0) is 18.3 Å². The van der Waals surface area contributed by atoms with Crippen molar-refractivity contribution < 1.29 is 9.18 Å². The first kappa shape index (κ1) is 12.4. The minimum atomic E-state index is -1.83. The number of primary amides is 1. The number of amides is 1. The van der Waals surface area contributed by atoms with Crippen molar-refractivity contribution in [2.75, 3.05) is 0 Å². The fraction of sp³-hybridized carbons (Fsp3) is 0.900. The molecule has 2 nitrogen and oxygen atoms in total. The Morgan fingerprint density at radius 2 is 1.85 bits per heavy atom. The minimum absolute atomic E-state index is 0.198. The summed E-state index contributed by atoms with van der Waals surface area (Å²) in [6, 6.07) is 0. The van der Waals surface area contributed by atoms with E-state index in [9.17, 15) is 9.18 Å². The quantitative estimate of drug-likeness (QED) is 0.725. The van der Waals surface area contributed by atoms with Crippen molar-refractivity contribution in [2.24, 2.45) is 11.1 Å². The van der Waals surface area contributed by atoms with Gasteiger partial charge in [-0.15, -0.1) is 0 Å². The lowest BCUT2D eigenvalue weighted by Gasteiger charge is -2.29. The van der Waals surface area contributed by atoms with Gasteiger partial charge in [-0.2, -0.15) is 0 Å². The van der Waals surface area contributed by atoms with Gasteiger partial charge in [0.1, 0.15) is 0 Å². The first-order valence-electron chi connectivity index (χ1n) is 4.70. The second-order valence-electron chi connectivity index (χ2n) is 4.82. The molecule has 0 aliphatic heterocycles. The molecule has 0 rings (SSSR count). The van der Waals surface area contributed by atoms with E-state index in [1.54, 1.807) is 0 Å². The number of carbonyl (C=O) groups excluding carboxylic acids is 1. The maximum absolute atomic E-state index is 13.9. The number of rotatable bonds is 4. The molecule has 0 aromatic rings. The van der Waals surface area contributed by atoms with Gasteiger partial charge in [0.15, 0.2) is 5.67 Å². The third-order valence-electron chi connectivity index (χ3n) is 1.90. The van der Waals surface area contributed by atoms with Gasteiger partial charge < -0.3 is 5.73 Å². The van der Waals surface area contributed by atoms with Crippen molar-refractivity contribution in [3.05, 3.63) is 0 Å². The van der Waals surface area contributed by atoms with E-state index in [2.05, 4.69) is 0 Å². The topological polar surface area (TPSA) is 43.1 Å². The number of nitrogens with two attached hydrogens (primary N) is 1. The molecule has 0 spiro atoms. The molecule has 0 aliphatic carbocycles. The second-order valence-corrected chi connectivity index (χ2v) is 4.82. The monoisotopic (exact) mass is 189 g/mol. The summed E-state index contributed by atoms with van der Waals surface area (Å²) >= 11 is 0. The molecule has 0 radical (unpaired) electrons. The number of hydrogen-bond acceptors (Lipinski definition) is 1. The van der Waals surface area contributed by atoms with Gasteiger partial charge >= 0.3 is 0 Å². The molecule has 1 atom stereocenters. The first-order valence-corrected chi connectivity index (χ1v) is 4.70. The second kappa shape index (κ2) is 4.07. The average molecular weight is 189 g/mol. The van der Waals surface area contributed by atoms with Crippen LogP contribution in [-0.4, -0.2) is 11.6 Å².